The molecule has 0 saturated carbocycles. The van der Waals surface area contributed by atoms with Crippen LogP contribution in [0.15, 0.2) is 24.8 Å². The molecule has 1 aromatic carbocycles. The van der Waals surface area contributed by atoms with Crippen LogP contribution in [0.25, 0.3) is 0 Å². The van der Waals surface area contributed by atoms with Crippen molar-refractivity contribution in [2.45, 2.75) is 6.04 Å². The van der Waals surface area contributed by atoms with Gasteiger partial charge in [0.1, 0.15) is 5.82 Å². The summed E-state index contributed by atoms with van der Waals surface area (Å²) in [6.07, 6.45) is 1.41. The molecule has 0 saturated heterocycles. The van der Waals surface area contributed by atoms with Crippen LogP contribution in [0.5, 0.6) is 11.5 Å². The lowest BCUT2D eigenvalue weighted by atomic mass is 10.1. The minimum absolute atomic E-state index is 0.193. The number of hydrogen-bond acceptors (Lipinski definition) is 3. The van der Waals surface area contributed by atoms with E-state index in [2.05, 4.69) is 6.58 Å². The Hall–Kier alpha value is -1.55. The monoisotopic (exact) mass is 197 g/mol. The van der Waals surface area contributed by atoms with Crippen LogP contribution in [-0.2, 0) is 0 Å². The highest BCUT2D eigenvalue weighted by Crippen LogP contribution is 2.30. The Morgan fingerprint density at radius 3 is 2.79 bits per heavy atom. The van der Waals surface area contributed by atoms with Crippen molar-refractivity contribution in [3.8, 4) is 11.5 Å². The van der Waals surface area contributed by atoms with E-state index in [0.29, 0.717) is 0 Å². The maximum atomic E-state index is 13.3. The SMILES string of the molecule is C=C[C@H](N)c1cc(OC)c(O)cc1F. The fraction of sp³-hybridized carbons (Fsp3) is 0.200. The summed E-state index contributed by atoms with van der Waals surface area (Å²) < 4.78 is 18.1. The minimum atomic E-state index is -0.607. The van der Waals surface area contributed by atoms with Gasteiger partial charge in [0.25, 0.3) is 0 Å². The molecular weight excluding hydrogens is 185 g/mol. The van der Waals surface area contributed by atoms with Crippen LogP contribution in [0, 0.1) is 5.82 Å². The molecule has 0 heterocycles. The molecule has 0 aromatic heterocycles. The molecule has 4 heteroatoms. The first-order valence-corrected chi connectivity index (χ1v) is 4.04. The summed E-state index contributed by atoms with van der Waals surface area (Å²) in [6, 6.07) is 1.72. The smallest absolute Gasteiger partial charge is 0.161 e. The number of methoxy groups -OCH3 is 1. The number of aromatic hydroxyl groups is 1. The van der Waals surface area contributed by atoms with Crippen molar-refractivity contribution < 1.29 is 14.2 Å². The van der Waals surface area contributed by atoms with Crippen molar-refractivity contribution in [3.63, 3.8) is 0 Å². The van der Waals surface area contributed by atoms with Gasteiger partial charge < -0.3 is 15.6 Å². The van der Waals surface area contributed by atoms with Gasteiger partial charge in [0.05, 0.1) is 13.2 Å². The topological polar surface area (TPSA) is 55.5 Å². The van der Waals surface area contributed by atoms with Gasteiger partial charge in [-0.05, 0) is 6.07 Å². The molecule has 0 radical (unpaired) electrons. The van der Waals surface area contributed by atoms with E-state index >= 15 is 0 Å². The van der Waals surface area contributed by atoms with Gasteiger partial charge in [0.15, 0.2) is 11.5 Å². The molecule has 14 heavy (non-hydrogen) atoms. The maximum Gasteiger partial charge on any atom is 0.161 e. The Morgan fingerprint density at radius 1 is 1.64 bits per heavy atom. The van der Waals surface area contributed by atoms with Crippen molar-refractivity contribution in [3.05, 3.63) is 36.2 Å². The number of halogens is 1. The molecule has 0 aliphatic rings. The standard InChI is InChI=1S/C10H12FNO2/c1-3-8(12)6-4-10(14-2)9(13)5-7(6)11/h3-5,8,13H,1,12H2,2H3/t8-/m0/s1. The summed E-state index contributed by atoms with van der Waals surface area (Å²) >= 11 is 0. The van der Waals surface area contributed by atoms with Crippen LogP contribution < -0.4 is 10.5 Å². The maximum absolute atomic E-state index is 13.3. The van der Waals surface area contributed by atoms with Crippen molar-refractivity contribution in [1.82, 2.24) is 0 Å². The van der Waals surface area contributed by atoms with Crippen molar-refractivity contribution in [2.24, 2.45) is 5.73 Å². The lowest BCUT2D eigenvalue weighted by molar-refractivity contribution is 0.369. The molecule has 1 aromatic rings. The number of benzene rings is 1. The first-order valence-electron chi connectivity index (χ1n) is 4.04. The number of hydrogen-bond donors (Lipinski definition) is 2. The number of phenols is 1. The number of nitrogens with two attached hydrogens (primary N) is 1. The zero-order valence-corrected chi connectivity index (χ0v) is 7.83. The molecule has 0 aliphatic carbocycles. The van der Waals surface area contributed by atoms with E-state index < -0.39 is 11.9 Å². The lowest BCUT2D eigenvalue weighted by Crippen LogP contribution is -2.09. The Morgan fingerprint density at radius 2 is 2.29 bits per heavy atom. The molecule has 0 aliphatic heterocycles. The molecule has 76 valence electrons. The summed E-state index contributed by atoms with van der Waals surface area (Å²) in [4.78, 5) is 0. The number of rotatable bonds is 3. The second-order valence-corrected chi connectivity index (χ2v) is 2.81. The fourth-order valence-corrected chi connectivity index (χ4v) is 1.10. The molecule has 0 unspecified atom stereocenters. The zero-order chi connectivity index (χ0) is 10.7. The lowest BCUT2D eigenvalue weighted by Gasteiger charge is -2.11. The van der Waals surface area contributed by atoms with Gasteiger partial charge in [-0.2, -0.15) is 0 Å². The average molecular weight is 197 g/mol. The fourth-order valence-electron chi connectivity index (χ4n) is 1.10. The first kappa shape index (κ1) is 10.5. The first-order chi connectivity index (χ1) is 6.60. The third kappa shape index (κ3) is 1.85. The quantitative estimate of drug-likeness (QED) is 0.725. The molecule has 3 N–H and O–H groups in total. The highest BCUT2D eigenvalue weighted by molar-refractivity contribution is 5.44. The van der Waals surface area contributed by atoms with Gasteiger partial charge >= 0.3 is 0 Å². The third-order valence-corrected chi connectivity index (χ3v) is 1.91. The molecule has 0 bridgehead atoms. The normalized spacial score (nSPS) is 12.2. The molecule has 1 rings (SSSR count). The highest BCUT2D eigenvalue weighted by Gasteiger charge is 2.13. The Balaban J connectivity index is 3.23. The van der Waals surface area contributed by atoms with E-state index in [9.17, 15) is 9.50 Å². The van der Waals surface area contributed by atoms with Crippen LogP contribution >= 0.6 is 0 Å². The third-order valence-electron chi connectivity index (χ3n) is 1.91. The predicted octanol–water partition coefficient (Wildman–Crippen LogP) is 1.73. The van der Waals surface area contributed by atoms with Crippen LogP contribution in [0.3, 0.4) is 0 Å². The number of ether oxygens (including phenoxy) is 1. The average Bonchev–Trinajstić information content (AvgIpc) is 2.17. The van der Waals surface area contributed by atoms with Crippen LogP contribution in [-0.4, -0.2) is 12.2 Å². The largest absolute Gasteiger partial charge is 0.504 e. The molecule has 3 nitrogen and oxygen atoms in total. The van der Waals surface area contributed by atoms with Crippen LogP contribution in [0.1, 0.15) is 11.6 Å². The molecule has 0 fully saturated rings. The van der Waals surface area contributed by atoms with E-state index in [1.165, 1.54) is 19.3 Å². The predicted molar refractivity (Wildman–Crippen MR) is 51.7 cm³/mol. The van der Waals surface area contributed by atoms with E-state index in [0.717, 1.165) is 6.07 Å². The second-order valence-electron chi connectivity index (χ2n) is 2.81. The van der Waals surface area contributed by atoms with E-state index in [1.54, 1.807) is 0 Å². The molecule has 0 spiro atoms. The summed E-state index contributed by atoms with van der Waals surface area (Å²) in [5.74, 6) is -0.626. The van der Waals surface area contributed by atoms with Gasteiger partial charge in [-0.25, -0.2) is 4.39 Å². The highest BCUT2D eigenvalue weighted by atomic mass is 19.1. The van der Waals surface area contributed by atoms with Gasteiger partial charge in [-0.15, -0.1) is 6.58 Å². The number of phenolic OH excluding ortho intramolecular Hbond substituents is 1. The van der Waals surface area contributed by atoms with Crippen molar-refractivity contribution in [2.75, 3.05) is 7.11 Å². The van der Waals surface area contributed by atoms with Gasteiger partial charge in [-0.1, -0.05) is 6.08 Å². The van der Waals surface area contributed by atoms with Gasteiger partial charge in [-0.3, -0.25) is 0 Å². The Bertz CT molecular complexity index is 352. The van der Waals surface area contributed by atoms with Crippen LogP contribution in [0.4, 0.5) is 4.39 Å². The zero-order valence-electron chi connectivity index (χ0n) is 7.83. The molecule has 0 amide bonds. The summed E-state index contributed by atoms with van der Waals surface area (Å²) in [5, 5.41) is 9.24. The molecular formula is C10H12FNO2. The summed E-state index contributed by atoms with van der Waals surface area (Å²) in [6.45, 7) is 3.46. The second kappa shape index (κ2) is 4.11. The van der Waals surface area contributed by atoms with Gasteiger partial charge in [0.2, 0.25) is 0 Å². The summed E-state index contributed by atoms with van der Waals surface area (Å²) in [5.41, 5.74) is 5.82. The van der Waals surface area contributed by atoms with E-state index in [4.69, 9.17) is 10.5 Å². The van der Waals surface area contributed by atoms with Crippen molar-refractivity contribution in [1.29, 1.82) is 0 Å². The van der Waals surface area contributed by atoms with Crippen molar-refractivity contribution >= 4 is 0 Å². The Kier molecular flexibility index (Phi) is 3.09. The van der Waals surface area contributed by atoms with Gasteiger partial charge in [0, 0.05) is 11.6 Å². The van der Waals surface area contributed by atoms with Crippen LogP contribution in [0.2, 0.25) is 0 Å². The summed E-state index contributed by atoms with van der Waals surface area (Å²) in [7, 11) is 1.39. The van der Waals surface area contributed by atoms with E-state index in [-0.39, 0.29) is 17.1 Å². The Labute approximate surface area is 81.6 Å². The molecule has 1 atom stereocenters. The van der Waals surface area contributed by atoms with E-state index in [1.807, 2.05) is 0 Å². The minimum Gasteiger partial charge on any atom is -0.504 e.